The predicted molar refractivity (Wildman–Crippen MR) is 25.4 cm³/mol. The van der Waals surface area contributed by atoms with Gasteiger partial charge in [0.15, 0.2) is 5.15 Å². The van der Waals surface area contributed by atoms with Crippen molar-refractivity contribution in [3.05, 3.63) is 16.8 Å². The summed E-state index contributed by atoms with van der Waals surface area (Å²) in [4.78, 5) is 3.36. The quantitative estimate of drug-likeness (QED) is 0.544. The maximum absolute atomic E-state index is 5.26. The Kier molecular flexibility index (Phi) is 1.21. The lowest BCUT2D eigenvalue weighted by Gasteiger charge is -1.70. The number of hydrogen-bond acceptors (Lipinski definition) is 2. The molecular formula is C3Cl2NO. The molecule has 0 spiro atoms. The van der Waals surface area contributed by atoms with Gasteiger partial charge in [-0.25, -0.2) is 0 Å². The Balaban J connectivity index is 3.12. The molecule has 0 bridgehead atoms. The minimum atomic E-state index is 0.0849. The fourth-order valence-electron chi connectivity index (χ4n) is 0.189. The van der Waals surface area contributed by atoms with Crippen molar-refractivity contribution in [2.24, 2.45) is 0 Å². The van der Waals surface area contributed by atoms with E-state index in [1.807, 2.05) is 0 Å². The van der Waals surface area contributed by atoms with Crippen LogP contribution in [0.5, 0.6) is 0 Å². The van der Waals surface area contributed by atoms with Gasteiger partial charge in [0.05, 0.1) is 0 Å². The Morgan fingerprint density at radius 3 is 2.43 bits per heavy atom. The lowest BCUT2D eigenvalue weighted by molar-refractivity contribution is 0.550. The standard InChI is InChI=1S/C3Cl2NO/c4-2-3(5)7-1-6-2. The van der Waals surface area contributed by atoms with E-state index >= 15 is 0 Å². The van der Waals surface area contributed by atoms with Gasteiger partial charge in [-0.2, -0.15) is 4.98 Å². The molecule has 0 unspecified atom stereocenters. The average molecular weight is 137 g/mol. The fraction of sp³-hybridized carbons (Fsp3) is 0. The van der Waals surface area contributed by atoms with Crippen LogP contribution < -0.4 is 0 Å². The first-order valence-corrected chi connectivity index (χ1v) is 2.24. The van der Waals surface area contributed by atoms with Crippen molar-refractivity contribution < 1.29 is 4.42 Å². The zero-order valence-corrected chi connectivity index (χ0v) is 4.62. The number of oxazole rings is 1. The van der Waals surface area contributed by atoms with Crippen LogP contribution in [-0.2, 0) is 0 Å². The van der Waals surface area contributed by atoms with Crippen LogP contribution in [0.3, 0.4) is 0 Å². The third kappa shape index (κ3) is 0.868. The second kappa shape index (κ2) is 1.72. The Labute approximate surface area is 50.1 Å². The van der Waals surface area contributed by atoms with E-state index in [1.165, 1.54) is 0 Å². The van der Waals surface area contributed by atoms with Gasteiger partial charge in [0, 0.05) is 0 Å². The summed E-state index contributed by atoms with van der Waals surface area (Å²) in [6.45, 7) is 0. The molecule has 0 fully saturated rings. The molecule has 1 aromatic heterocycles. The van der Waals surface area contributed by atoms with E-state index in [-0.39, 0.29) is 10.4 Å². The van der Waals surface area contributed by atoms with E-state index in [9.17, 15) is 0 Å². The van der Waals surface area contributed by atoms with Gasteiger partial charge in [-0.1, -0.05) is 11.6 Å². The van der Waals surface area contributed by atoms with Crippen molar-refractivity contribution in [2.75, 3.05) is 0 Å². The molecule has 0 aliphatic heterocycles. The van der Waals surface area contributed by atoms with Crippen LogP contribution in [0.2, 0.25) is 10.4 Å². The highest BCUT2D eigenvalue weighted by Gasteiger charge is 1.98. The van der Waals surface area contributed by atoms with Gasteiger partial charge in [-0.15, -0.1) is 0 Å². The summed E-state index contributed by atoms with van der Waals surface area (Å²) in [5.41, 5.74) is 0. The van der Waals surface area contributed by atoms with Gasteiger partial charge < -0.3 is 4.42 Å². The van der Waals surface area contributed by atoms with Gasteiger partial charge in [0.25, 0.3) is 6.39 Å². The molecule has 1 radical (unpaired) electrons. The average Bonchev–Trinajstić information content (AvgIpc) is 1.91. The summed E-state index contributed by atoms with van der Waals surface area (Å²) >= 11 is 10.5. The van der Waals surface area contributed by atoms with Crippen LogP contribution in [0.4, 0.5) is 0 Å². The lowest BCUT2D eigenvalue weighted by atomic mass is 11.0. The SMILES string of the molecule is Clc1n[c]oc1Cl. The molecule has 0 aliphatic rings. The molecule has 1 rings (SSSR count). The summed E-state index contributed by atoms with van der Waals surface area (Å²) in [6, 6.07) is 0. The fourth-order valence-corrected chi connectivity index (χ4v) is 0.339. The van der Waals surface area contributed by atoms with Crippen LogP contribution >= 0.6 is 23.2 Å². The van der Waals surface area contributed by atoms with Gasteiger partial charge in [-0.05, 0) is 11.6 Å². The van der Waals surface area contributed by atoms with Crippen LogP contribution in [-0.4, -0.2) is 4.98 Å². The Bertz CT molecular complexity index is 145. The van der Waals surface area contributed by atoms with Crippen molar-refractivity contribution in [3.8, 4) is 0 Å². The minimum Gasteiger partial charge on any atom is -0.419 e. The molecule has 0 aromatic carbocycles. The molecule has 0 aliphatic carbocycles. The summed E-state index contributed by atoms with van der Waals surface area (Å²) < 4.78 is 4.36. The largest absolute Gasteiger partial charge is 0.419 e. The Morgan fingerprint density at radius 2 is 2.29 bits per heavy atom. The van der Waals surface area contributed by atoms with Crippen molar-refractivity contribution in [2.45, 2.75) is 0 Å². The van der Waals surface area contributed by atoms with Crippen molar-refractivity contribution in [1.29, 1.82) is 0 Å². The predicted octanol–water partition coefficient (Wildman–Crippen LogP) is 1.78. The highest BCUT2D eigenvalue weighted by Crippen LogP contribution is 2.17. The van der Waals surface area contributed by atoms with E-state index in [2.05, 4.69) is 15.8 Å². The molecule has 1 aromatic rings. The summed E-state index contributed by atoms with van der Waals surface area (Å²) in [6.07, 6.45) is 2.11. The highest BCUT2D eigenvalue weighted by atomic mass is 35.5. The maximum Gasteiger partial charge on any atom is 0.286 e. The molecule has 7 heavy (non-hydrogen) atoms. The number of aromatic nitrogens is 1. The topological polar surface area (TPSA) is 26.0 Å². The zero-order chi connectivity index (χ0) is 5.28. The van der Waals surface area contributed by atoms with Crippen LogP contribution in [0, 0.1) is 6.39 Å². The van der Waals surface area contributed by atoms with E-state index < -0.39 is 0 Å². The maximum atomic E-state index is 5.26. The third-order valence-corrected chi connectivity index (χ3v) is 1.05. The normalized spacial score (nSPS) is 9.43. The summed E-state index contributed by atoms with van der Waals surface area (Å²) in [7, 11) is 0. The molecule has 0 atom stereocenters. The van der Waals surface area contributed by atoms with Gasteiger partial charge in [0.1, 0.15) is 0 Å². The van der Waals surface area contributed by atoms with Crippen LogP contribution in [0.1, 0.15) is 0 Å². The van der Waals surface area contributed by atoms with E-state index in [4.69, 9.17) is 23.2 Å². The summed E-state index contributed by atoms with van der Waals surface area (Å²) in [5.74, 6) is 0. The van der Waals surface area contributed by atoms with Crippen molar-refractivity contribution in [3.63, 3.8) is 0 Å². The van der Waals surface area contributed by atoms with Crippen molar-refractivity contribution >= 4 is 23.2 Å². The van der Waals surface area contributed by atoms with Gasteiger partial charge >= 0.3 is 0 Å². The van der Waals surface area contributed by atoms with E-state index in [0.717, 1.165) is 0 Å². The number of nitrogens with zero attached hydrogens (tertiary/aromatic N) is 1. The molecule has 37 valence electrons. The molecule has 0 amide bonds. The van der Waals surface area contributed by atoms with E-state index in [1.54, 1.807) is 0 Å². The smallest absolute Gasteiger partial charge is 0.286 e. The molecule has 1 heterocycles. The highest BCUT2D eigenvalue weighted by molar-refractivity contribution is 6.39. The van der Waals surface area contributed by atoms with E-state index in [0.29, 0.717) is 0 Å². The molecule has 4 heteroatoms. The van der Waals surface area contributed by atoms with Gasteiger partial charge in [0.2, 0.25) is 5.22 Å². The monoisotopic (exact) mass is 136 g/mol. The van der Waals surface area contributed by atoms with Gasteiger partial charge in [-0.3, -0.25) is 0 Å². The Morgan fingerprint density at radius 1 is 1.57 bits per heavy atom. The number of hydrogen-bond donors (Lipinski definition) is 0. The zero-order valence-electron chi connectivity index (χ0n) is 3.11. The minimum absolute atomic E-state index is 0.0849. The third-order valence-electron chi connectivity index (χ3n) is 0.441. The molecular weight excluding hydrogens is 137 g/mol. The lowest BCUT2D eigenvalue weighted by Crippen LogP contribution is -1.54. The van der Waals surface area contributed by atoms with Crippen LogP contribution in [0.25, 0.3) is 0 Å². The molecule has 0 saturated heterocycles. The first-order chi connectivity index (χ1) is 3.30. The summed E-state index contributed by atoms with van der Waals surface area (Å²) in [5, 5.41) is 0.239. The second-order valence-corrected chi connectivity index (χ2v) is 1.57. The Hall–Kier alpha value is -0.210. The molecule has 0 N–H and O–H groups in total. The molecule has 2 nitrogen and oxygen atoms in total. The van der Waals surface area contributed by atoms with Crippen molar-refractivity contribution in [1.82, 2.24) is 4.98 Å². The second-order valence-electron chi connectivity index (χ2n) is 0.870. The molecule has 0 saturated carbocycles. The van der Waals surface area contributed by atoms with Crippen LogP contribution in [0.15, 0.2) is 4.42 Å². The number of rotatable bonds is 0. The number of halogens is 2. The first kappa shape index (κ1) is 4.94. The first-order valence-electron chi connectivity index (χ1n) is 1.48.